The summed E-state index contributed by atoms with van der Waals surface area (Å²) >= 11 is 2.24. The van der Waals surface area contributed by atoms with Gasteiger partial charge in [-0.3, -0.25) is 0 Å². The third-order valence-electron chi connectivity index (χ3n) is 1.42. The van der Waals surface area contributed by atoms with Gasteiger partial charge in [-0.05, 0) is 47.2 Å². The molecule has 0 fully saturated rings. The Morgan fingerprint density at radius 3 is 2.83 bits per heavy atom. The van der Waals surface area contributed by atoms with Gasteiger partial charge in [-0.1, -0.05) is 6.07 Å². The van der Waals surface area contributed by atoms with E-state index in [9.17, 15) is 0 Å². The molecule has 0 unspecified atom stereocenters. The molecule has 1 rings (SSSR count). The lowest BCUT2D eigenvalue weighted by molar-refractivity contribution is 0.0505. The van der Waals surface area contributed by atoms with Crippen molar-refractivity contribution in [1.29, 1.82) is 0 Å². The van der Waals surface area contributed by atoms with E-state index in [1.165, 1.54) is 5.56 Å². The van der Waals surface area contributed by atoms with Crippen LogP contribution in [0.1, 0.15) is 5.56 Å². The van der Waals surface area contributed by atoms with Crippen LogP contribution in [0.15, 0.2) is 18.2 Å². The number of ether oxygens (including phenoxy) is 2. The topological polar surface area (TPSA) is 18.5 Å². The first-order chi connectivity index (χ1) is 5.74. The fourth-order valence-corrected chi connectivity index (χ4v) is 1.33. The molecule has 12 heavy (non-hydrogen) atoms. The van der Waals surface area contributed by atoms with Crippen molar-refractivity contribution in [2.24, 2.45) is 0 Å². The molecule has 0 aliphatic carbocycles. The summed E-state index contributed by atoms with van der Waals surface area (Å²) in [7, 11) is 1.61. The highest BCUT2D eigenvalue weighted by Crippen LogP contribution is 2.21. The number of methoxy groups -OCH3 is 1. The Hall–Kier alpha value is -0.290. The average Bonchev–Trinajstić information content (AvgIpc) is 2.07. The smallest absolute Gasteiger partial charge is 0.188 e. The molecule has 0 bridgehead atoms. The van der Waals surface area contributed by atoms with Crippen LogP contribution in [0.3, 0.4) is 0 Å². The first kappa shape index (κ1) is 9.80. The zero-order chi connectivity index (χ0) is 8.97. The SMILES string of the molecule is COCOc1cc(C)ccc1I. The Morgan fingerprint density at radius 1 is 1.42 bits per heavy atom. The number of rotatable bonds is 3. The van der Waals surface area contributed by atoms with Gasteiger partial charge in [-0.15, -0.1) is 0 Å². The van der Waals surface area contributed by atoms with Gasteiger partial charge in [-0.25, -0.2) is 0 Å². The van der Waals surface area contributed by atoms with Crippen molar-refractivity contribution in [3.05, 3.63) is 27.3 Å². The van der Waals surface area contributed by atoms with Crippen molar-refractivity contribution in [2.45, 2.75) is 6.92 Å². The van der Waals surface area contributed by atoms with E-state index in [-0.39, 0.29) is 0 Å². The van der Waals surface area contributed by atoms with Gasteiger partial charge in [0.05, 0.1) is 3.57 Å². The number of hydrogen-bond acceptors (Lipinski definition) is 2. The molecule has 0 spiro atoms. The summed E-state index contributed by atoms with van der Waals surface area (Å²) in [5.41, 5.74) is 1.20. The maximum atomic E-state index is 5.34. The highest BCUT2D eigenvalue weighted by molar-refractivity contribution is 14.1. The normalized spacial score (nSPS) is 9.92. The number of aryl methyl sites for hydroxylation is 1. The summed E-state index contributed by atoms with van der Waals surface area (Å²) in [6.07, 6.45) is 0. The van der Waals surface area contributed by atoms with Gasteiger partial charge in [0.1, 0.15) is 5.75 Å². The maximum absolute atomic E-state index is 5.34. The zero-order valence-electron chi connectivity index (χ0n) is 7.13. The highest BCUT2D eigenvalue weighted by atomic mass is 127. The minimum Gasteiger partial charge on any atom is -0.466 e. The standard InChI is InChI=1S/C9H11IO2/c1-7-3-4-8(10)9(5-7)12-6-11-2/h3-5H,6H2,1-2H3. The van der Waals surface area contributed by atoms with Crippen LogP contribution in [0.5, 0.6) is 5.75 Å². The summed E-state index contributed by atoms with van der Waals surface area (Å²) in [6, 6.07) is 6.09. The van der Waals surface area contributed by atoms with Crippen LogP contribution in [-0.4, -0.2) is 13.9 Å². The van der Waals surface area contributed by atoms with Gasteiger partial charge in [-0.2, -0.15) is 0 Å². The third-order valence-corrected chi connectivity index (χ3v) is 2.31. The van der Waals surface area contributed by atoms with E-state index in [4.69, 9.17) is 9.47 Å². The van der Waals surface area contributed by atoms with Crippen LogP contribution in [0.4, 0.5) is 0 Å². The Morgan fingerprint density at radius 2 is 2.17 bits per heavy atom. The summed E-state index contributed by atoms with van der Waals surface area (Å²) in [5, 5.41) is 0. The molecule has 3 heteroatoms. The number of halogens is 1. The fraction of sp³-hybridized carbons (Fsp3) is 0.333. The fourth-order valence-electron chi connectivity index (χ4n) is 0.844. The van der Waals surface area contributed by atoms with E-state index in [0.717, 1.165) is 9.32 Å². The third kappa shape index (κ3) is 2.64. The zero-order valence-corrected chi connectivity index (χ0v) is 9.29. The van der Waals surface area contributed by atoms with E-state index >= 15 is 0 Å². The van der Waals surface area contributed by atoms with Crippen molar-refractivity contribution < 1.29 is 9.47 Å². The minimum absolute atomic E-state index is 0.305. The van der Waals surface area contributed by atoms with Crippen molar-refractivity contribution in [1.82, 2.24) is 0 Å². The molecule has 0 heterocycles. The first-order valence-corrected chi connectivity index (χ1v) is 4.70. The van der Waals surface area contributed by atoms with Crippen LogP contribution >= 0.6 is 22.6 Å². The average molecular weight is 278 g/mol. The van der Waals surface area contributed by atoms with Crippen LogP contribution < -0.4 is 4.74 Å². The quantitative estimate of drug-likeness (QED) is 0.625. The second kappa shape index (κ2) is 4.67. The summed E-state index contributed by atoms with van der Waals surface area (Å²) < 4.78 is 11.3. The Labute approximate surface area is 86.0 Å². The van der Waals surface area contributed by atoms with Crippen molar-refractivity contribution in [3.63, 3.8) is 0 Å². The molecule has 1 aromatic rings. The van der Waals surface area contributed by atoms with Crippen LogP contribution in [0.2, 0.25) is 0 Å². The first-order valence-electron chi connectivity index (χ1n) is 3.62. The second-order valence-electron chi connectivity index (χ2n) is 2.48. The van der Waals surface area contributed by atoms with Gasteiger partial charge in [0, 0.05) is 7.11 Å². The molecule has 0 saturated carbocycles. The molecule has 0 aliphatic rings. The van der Waals surface area contributed by atoms with Crippen LogP contribution in [0, 0.1) is 10.5 Å². The van der Waals surface area contributed by atoms with Crippen molar-refractivity contribution >= 4 is 22.6 Å². The summed E-state index contributed by atoms with van der Waals surface area (Å²) in [6.45, 7) is 2.34. The largest absolute Gasteiger partial charge is 0.466 e. The Kier molecular flexibility index (Phi) is 3.81. The van der Waals surface area contributed by atoms with Crippen molar-refractivity contribution in [2.75, 3.05) is 13.9 Å². The molecule has 66 valence electrons. The van der Waals surface area contributed by atoms with Crippen LogP contribution in [-0.2, 0) is 4.74 Å². The van der Waals surface area contributed by atoms with Crippen LogP contribution in [0.25, 0.3) is 0 Å². The highest BCUT2D eigenvalue weighted by Gasteiger charge is 1.99. The van der Waals surface area contributed by atoms with E-state index < -0.39 is 0 Å². The molecule has 0 aromatic heterocycles. The Bertz CT molecular complexity index is 261. The lowest BCUT2D eigenvalue weighted by atomic mass is 10.2. The van der Waals surface area contributed by atoms with E-state index in [2.05, 4.69) is 28.7 Å². The molecular formula is C9H11IO2. The molecule has 0 atom stereocenters. The van der Waals surface area contributed by atoms with E-state index in [0.29, 0.717) is 6.79 Å². The number of benzene rings is 1. The van der Waals surface area contributed by atoms with Gasteiger partial charge >= 0.3 is 0 Å². The van der Waals surface area contributed by atoms with Crippen molar-refractivity contribution in [3.8, 4) is 5.75 Å². The van der Waals surface area contributed by atoms with Gasteiger partial charge < -0.3 is 9.47 Å². The van der Waals surface area contributed by atoms with E-state index in [1.807, 2.05) is 19.1 Å². The lowest BCUT2D eigenvalue weighted by Gasteiger charge is -2.07. The molecule has 0 saturated heterocycles. The summed E-state index contributed by atoms with van der Waals surface area (Å²) in [5.74, 6) is 0.887. The molecule has 1 aromatic carbocycles. The predicted octanol–water partition coefficient (Wildman–Crippen LogP) is 2.58. The molecular weight excluding hydrogens is 267 g/mol. The maximum Gasteiger partial charge on any atom is 0.188 e. The summed E-state index contributed by atoms with van der Waals surface area (Å²) in [4.78, 5) is 0. The molecule has 0 N–H and O–H groups in total. The monoisotopic (exact) mass is 278 g/mol. The molecule has 2 nitrogen and oxygen atoms in total. The second-order valence-corrected chi connectivity index (χ2v) is 3.65. The van der Waals surface area contributed by atoms with Gasteiger partial charge in [0.2, 0.25) is 0 Å². The molecule has 0 amide bonds. The molecule has 0 radical (unpaired) electrons. The minimum atomic E-state index is 0.305. The lowest BCUT2D eigenvalue weighted by Crippen LogP contribution is -2.00. The van der Waals surface area contributed by atoms with E-state index in [1.54, 1.807) is 7.11 Å². The molecule has 0 aliphatic heterocycles. The Balaban J connectivity index is 2.75. The van der Waals surface area contributed by atoms with Gasteiger partial charge in [0.15, 0.2) is 6.79 Å². The van der Waals surface area contributed by atoms with Gasteiger partial charge in [0.25, 0.3) is 0 Å². The number of hydrogen-bond donors (Lipinski definition) is 0. The predicted molar refractivity (Wildman–Crippen MR) is 56.4 cm³/mol.